The molecule has 0 aliphatic carbocycles. The molecular weight excluding hydrogens is 1790 g/mol. The maximum Gasteiger partial charge on any atom is 0.475 e. The lowest BCUT2D eigenvalue weighted by Gasteiger charge is -2.37. The number of esters is 6. The van der Waals surface area contributed by atoms with Gasteiger partial charge in [-0.2, -0.15) is 29.9 Å². The molecule has 0 radical (unpaired) electrons. The third-order valence-corrected chi connectivity index (χ3v) is 27.1. The number of hydrogen-bond donors (Lipinski definition) is 3. The molecule has 48 nitrogen and oxygen atoms in total. The molecule has 0 aromatic carbocycles. The van der Waals surface area contributed by atoms with Crippen LogP contribution in [0.25, 0.3) is 33.5 Å². The van der Waals surface area contributed by atoms with Crippen LogP contribution in [0.3, 0.4) is 0 Å². The van der Waals surface area contributed by atoms with Gasteiger partial charge in [0.1, 0.15) is 56.4 Å². The normalized spacial score (nSPS) is 27.4. The topological polar surface area (TPSA) is 608 Å². The molecule has 6 aliphatic heterocycles. The van der Waals surface area contributed by atoms with E-state index in [1.807, 2.05) is 0 Å². The van der Waals surface area contributed by atoms with Gasteiger partial charge < -0.3 is 74.0 Å². The molecule has 0 spiro atoms. The van der Waals surface area contributed by atoms with Gasteiger partial charge in [0, 0.05) is 58.8 Å². The number of ether oxygens (including phenoxy) is 12. The standard InChI is InChI=1S/3C24H34N5O11PS/c3*1-7-34-19-16-18(27-22(25)28-19)29(12-26-16)20-24(6,39-14(3)31)17-15(38-20)10-37-41(33,40-17)36-8-9-42-21(32)23(4,5)11-35-13(2)30/h3*12,15,17,20H,7-11H2,1-6H3,(H2,25,27,28)/t15-,17-,20-,24-,41?;15-,17-,20-,24-,41+;15-,17-,20-,24-,41-/m111/s1. The van der Waals surface area contributed by atoms with Crippen molar-refractivity contribution in [1.82, 2.24) is 58.6 Å². The summed E-state index contributed by atoms with van der Waals surface area (Å²) in [5, 5.41) is -0.722. The second kappa shape index (κ2) is 40.7. The Kier molecular flexibility index (Phi) is 32.2. The smallest absolute Gasteiger partial charge is 0.475 e. The van der Waals surface area contributed by atoms with Gasteiger partial charge in [-0.3, -0.25) is 97.6 Å². The minimum atomic E-state index is -4.17. The van der Waals surface area contributed by atoms with Gasteiger partial charge in [0.2, 0.25) is 35.5 Å². The van der Waals surface area contributed by atoms with Crippen LogP contribution in [0.4, 0.5) is 17.8 Å². The lowest BCUT2D eigenvalue weighted by molar-refractivity contribution is -0.175. The number of imidazole rings is 3. The lowest BCUT2D eigenvalue weighted by Crippen LogP contribution is -2.50. The quantitative estimate of drug-likeness (QED) is 0.0158. The zero-order valence-corrected chi connectivity index (χ0v) is 77.3. The SMILES string of the molecule is CCOc1nc(N)nc2c1ncn2[C@@H]1O[C@@H]2COP(=O)(OCCSC(=O)C(C)(C)COC(C)=O)O[C@H]2[C@@]1(C)OC(C)=O.CCOc1nc(N)nc2c1ncn2[C@@H]1O[C@@H]2CO[P@@](=O)(OCCSC(=O)C(C)(C)COC(C)=O)O[C@H]2[C@@]1(C)OC(C)=O.CCOc1nc(N)nc2c1ncn2[C@@H]1O[C@@H]2CO[P@](=O)(OCCSC(=O)C(C)(C)COC(C)=O)O[C@H]2[C@@]1(C)OC(C)=O. The molecule has 54 heteroatoms. The summed E-state index contributed by atoms with van der Waals surface area (Å²) in [5.41, 5.74) is 12.0. The maximum atomic E-state index is 13.4. The Morgan fingerprint density at radius 1 is 0.421 bits per heavy atom. The summed E-state index contributed by atoms with van der Waals surface area (Å²) >= 11 is 2.79. The largest absolute Gasteiger partial charge is 0.476 e. The van der Waals surface area contributed by atoms with Crippen LogP contribution in [0.2, 0.25) is 0 Å². The summed E-state index contributed by atoms with van der Waals surface area (Å²) in [6, 6.07) is 0. The van der Waals surface area contributed by atoms with Gasteiger partial charge in [0.05, 0.1) is 94.7 Å². The molecule has 6 aliphatic rings. The van der Waals surface area contributed by atoms with Crippen molar-refractivity contribution in [3.05, 3.63) is 19.0 Å². The van der Waals surface area contributed by atoms with Crippen LogP contribution >= 0.6 is 58.8 Å². The summed E-state index contributed by atoms with van der Waals surface area (Å²) < 4.78 is 162. The van der Waals surface area contributed by atoms with E-state index in [2.05, 4.69) is 44.9 Å². The Hall–Kier alpha value is -8.46. The van der Waals surface area contributed by atoms with Gasteiger partial charge in [0.15, 0.2) is 84.3 Å². The second-order valence-corrected chi connectivity index (χ2v) is 39.1. The highest BCUT2D eigenvalue weighted by Gasteiger charge is 2.66. The zero-order valence-electron chi connectivity index (χ0n) is 72.2. The lowest BCUT2D eigenvalue weighted by atomic mass is 9.96. The van der Waals surface area contributed by atoms with E-state index in [0.717, 1.165) is 35.3 Å². The molecule has 15 atom stereocenters. The predicted octanol–water partition coefficient (Wildman–Crippen LogP) is 7.25. The van der Waals surface area contributed by atoms with Crippen molar-refractivity contribution in [2.45, 2.75) is 197 Å². The van der Waals surface area contributed by atoms with E-state index in [0.29, 0.717) is 36.4 Å². The number of nitrogens with two attached hydrogens (primary N) is 3. The number of thioether (sulfide) groups is 3. The Morgan fingerprint density at radius 3 is 0.889 bits per heavy atom. The second-order valence-electron chi connectivity index (χ2n) is 31.1. The van der Waals surface area contributed by atoms with Gasteiger partial charge in [-0.15, -0.1) is 0 Å². The molecule has 0 saturated carbocycles. The minimum absolute atomic E-state index is 0.0686. The molecule has 6 saturated heterocycles. The van der Waals surface area contributed by atoms with Gasteiger partial charge in [-0.25, -0.2) is 28.6 Å². The summed E-state index contributed by atoms with van der Waals surface area (Å²) in [7, 11) is -12.5. The molecule has 12 heterocycles. The number of nitrogens with zero attached hydrogens (tertiary/aromatic N) is 12. The first-order valence-electron chi connectivity index (χ1n) is 39.1. The average molecular weight is 1890 g/mol. The molecule has 1 unspecified atom stereocenters. The number of phosphoric ester groups is 3. The van der Waals surface area contributed by atoms with Crippen LogP contribution in [0.5, 0.6) is 17.6 Å². The van der Waals surface area contributed by atoms with E-state index >= 15 is 0 Å². The molecule has 126 heavy (non-hydrogen) atoms. The van der Waals surface area contributed by atoms with Crippen LogP contribution in [0.1, 0.15) is 143 Å². The van der Waals surface area contributed by atoms with Crippen LogP contribution in [-0.4, -0.2) is 260 Å². The summed E-state index contributed by atoms with van der Waals surface area (Å²) in [6.07, 6.45) is -4.57. The number of aromatic nitrogens is 12. The molecule has 6 N–H and O–H groups in total. The van der Waals surface area contributed by atoms with E-state index in [1.165, 1.54) is 74.2 Å². The van der Waals surface area contributed by atoms with Gasteiger partial charge >= 0.3 is 59.3 Å². The highest BCUT2D eigenvalue weighted by atomic mass is 32.2. The first-order valence-corrected chi connectivity index (χ1v) is 46.5. The number of carbonyl (C=O) groups is 9. The van der Waals surface area contributed by atoms with Gasteiger partial charge in [0.25, 0.3) is 0 Å². The molecule has 6 fully saturated rings. The number of rotatable bonds is 33. The fraction of sp³-hybridized carbons (Fsp3) is 0.667. The van der Waals surface area contributed by atoms with E-state index in [1.54, 1.807) is 83.1 Å². The van der Waals surface area contributed by atoms with Crippen molar-refractivity contribution >= 4 is 161 Å². The van der Waals surface area contributed by atoms with Crippen molar-refractivity contribution in [2.75, 3.05) is 114 Å². The van der Waals surface area contributed by atoms with Gasteiger partial charge in [-0.1, -0.05) is 35.3 Å². The van der Waals surface area contributed by atoms with Crippen molar-refractivity contribution in [2.24, 2.45) is 16.2 Å². The molecular formula is C72H102N15O33P3S3. The first kappa shape index (κ1) is 99.7. The molecule has 6 aromatic heterocycles. The number of anilines is 3. The molecule has 6 aromatic rings. The predicted molar refractivity (Wildman–Crippen MR) is 442 cm³/mol. The Labute approximate surface area is 733 Å². The Morgan fingerprint density at radius 2 is 0.667 bits per heavy atom. The molecule has 12 rings (SSSR count). The Bertz CT molecular complexity index is 4710. The van der Waals surface area contributed by atoms with E-state index < -0.39 is 148 Å². The third kappa shape index (κ3) is 23.2. The molecule has 0 amide bonds. The molecule has 0 bridgehead atoms. The number of carbonyl (C=O) groups excluding carboxylic acids is 9. The van der Waals surface area contributed by atoms with Crippen molar-refractivity contribution in [3.63, 3.8) is 0 Å². The average Bonchev–Trinajstić information content (AvgIpc) is 1.58. The fourth-order valence-corrected chi connectivity index (χ4v) is 20.6. The van der Waals surface area contributed by atoms with E-state index in [4.69, 9.17) is 115 Å². The molecule has 696 valence electrons. The summed E-state index contributed by atoms with van der Waals surface area (Å²) in [6.45, 7) is 27.0. The highest BCUT2D eigenvalue weighted by Crippen LogP contribution is 2.63. The van der Waals surface area contributed by atoms with Crippen molar-refractivity contribution in [1.29, 1.82) is 0 Å². The van der Waals surface area contributed by atoms with Crippen LogP contribution in [-0.2, 0) is 140 Å². The van der Waals surface area contributed by atoms with Gasteiger partial charge in [-0.05, 0) is 83.1 Å². The van der Waals surface area contributed by atoms with Crippen molar-refractivity contribution < 1.29 is 154 Å². The first-order chi connectivity index (χ1) is 59.1. The number of hydrogen-bond acceptors (Lipinski definition) is 48. The Balaban J connectivity index is 0.000000197. The monoisotopic (exact) mass is 1890 g/mol. The summed E-state index contributed by atoms with van der Waals surface area (Å²) in [4.78, 5) is 146. The number of fused-ring (bicyclic) bond motifs is 6. The van der Waals surface area contributed by atoms with Crippen LogP contribution in [0, 0.1) is 16.2 Å². The maximum absolute atomic E-state index is 13.4. The van der Waals surface area contributed by atoms with E-state index in [-0.39, 0.29) is 144 Å². The minimum Gasteiger partial charge on any atom is -0.476 e. The number of phosphoric acid groups is 3. The third-order valence-electron chi connectivity index (χ3n) is 19.2. The van der Waals surface area contributed by atoms with Crippen LogP contribution in [0.15, 0.2) is 19.0 Å². The summed E-state index contributed by atoms with van der Waals surface area (Å²) in [5.74, 6) is -2.70. The fourth-order valence-electron chi connectivity index (χ4n) is 13.4. The van der Waals surface area contributed by atoms with Crippen molar-refractivity contribution in [3.8, 4) is 17.6 Å². The van der Waals surface area contributed by atoms with Crippen LogP contribution < -0.4 is 31.4 Å². The van der Waals surface area contributed by atoms with E-state index in [9.17, 15) is 56.8 Å². The zero-order chi connectivity index (χ0) is 92.6. The number of nitrogen functional groups attached to an aromatic ring is 3. The highest BCUT2D eigenvalue weighted by molar-refractivity contribution is 8.14.